The lowest BCUT2D eigenvalue weighted by molar-refractivity contribution is -0.129. The molecule has 1 aromatic heterocycles. The quantitative estimate of drug-likeness (QED) is 0.790. The van der Waals surface area contributed by atoms with Crippen molar-refractivity contribution in [2.75, 3.05) is 27.2 Å². The second kappa shape index (κ2) is 7.39. The Labute approximate surface area is 155 Å². The fourth-order valence-corrected chi connectivity index (χ4v) is 3.66. The number of aliphatic hydroxyl groups is 1. The van der Waals surface area contributed by atoms with Crippen molar-refractivity contribution in [1.29, 1.82) is 0 Å². The van der Waals surface area contributed by atoms with Crippen LogP contribution in [0.2, 0.25) is 0 Å². The summed E-state index contributed by atoms with van der Waals surface area (Å²) in [4.78, 5) is 29.2. The number of amides is 1. The van der Waals surface area contributed by atoms with Gasteiger partial charge in [0.15, 0.2) is 5.76 Å². The topological polar surface area (TPSA) is 60.9 Å². The number of likely N-dealkylation sites (N-methyl/N-ethyl adjacent to an activating group) is 1. The van der Waals surface area contributed by atoms with Crippen LogP contribution in [0.4, 0.5) is 4.39 Å². The molecule has 1 amide bonds. The van der Waals surface area contributed by atoms with Crippen LogP contribution in [0.1, 0.15) is 21.3 Å². The van der Waals surface area contributed by atoms with E-state index in [9.17, 15) is 19.1 Å². The highest BCUT2D eigenvalue weighted by Gasteiger charge is 2.44. The van der Waals surface area contributed by atoms with Gasteiger partial charge in [-0.25, -0.2) is 4.39 Å². The summed E-state index contributed by atoms with van der Waals surface area (Å²) < 4.78 is 14.5. The van der Waals surface area contributed by atoms with E-state index in [2.05, 4.69) is 0 Å². The Morgan fingerprint density at radius 2 is 2.00 bits per heavy atom. The number of hydrogen-bond donors (Lipinski definition) is 1. The molecule has 5 nitrogen and oxygen atoms in total. The Hall–Kier alpha value is -2.51. The van der Waals surface area contributed by atoms with E-state index in [1.807, 2.05) is 19.0 Å². The Morgan fingerprint density at radius 3 is 2.62 bits per heavy atom. The SMILES string of the molecule is CN(C)CCN1C(=O)C(O)=C(C(=O)c2cccs2)[C@@H]1c1ccccc1F. The number of carbonyl (C=O) groups is 2. The van der Waals surface area contributed by atoms with E-state index in [4.69, 9.17) is 0 Å². The van der Waals surface area contributed by atoms with Gasteiger partial charge in [-0.2, -0.15) is 0 Å². The molecule has 0 spiro atoms. The first-order valence-electron chi connectivity index (χ1n) is 8.13. The highest BCUT2D eigenvalue weighted by Crippen LogP contribution is 2.40. The lowest BCUT2D eigenvalue weighted by atomic mass is 9.95. The maximum absolute atomic E-state index is 14.5. The Bertz CT molecular complexity index is 861. The third kappa shape index (κ3) is 3.27. The minimum atomic E-state index is -0.946. The average Bonchev–Trinajstić information content (AvgIpc) is 3.22. The van der Waals surface area contributed by atoms with Crippen LogP contribution in [-0.4, -0.2) is 53.8 Å². The highest BCUT2D eigenvalue weighted by atomic mass is 32.1. The van der Waals surface area contributed by atoms with E-state index in [1.54, 1.807) is 29.6 Å². The van der Waals surface area contributed by atoms with E-state index < -0.39 is 29.3 Å². The van der Waals surface area contributed by atoms with Gasteiger partial charge in [-0.1, -0.05) is 24.3 Å². The minimum absolute atomic E-state index is 0.0682. The lowest BCUT2D eigenvalue weighted by Gasteiger charge is -2.28. The predicted octanol–water partition coefficient (Wildman–Crippen LogP) is 3.03. The zero-order valence-electron chi connectivity index (χ0n) is 14.5. The zero-order chi connectivity index (χ0) is 18.8. The molecule has 1 aliphatic rings. The number of carbonyl (C=O) groups excluding carboxylic acids is 2. The van der Waals surface area contributed by atoms with Crippen molar-refractivity contribution in [3.8, 4) is 0 Å². The fraction of sp³-hybridized carbons (Fsp3) is 0.263. The van der Waals surface area contributed by atoms with Gasteiger partial charge in [0, 0.05) is 18.7 Å². The van der Waals surface area contributed by atoms with Gasteiger partial charge < -0.3 is 14.9 Å². The molecule has 1 aliphatic heterocycles. The maximum Gasteiger partial charge on any atom is 0.290 e. The van der Waals surface area contributed by atoms with Gasteiger partial charge in [-0.15, -0.1) is 11.3 Å². The molecule has 0 radical (unpaired) electrons. The molecule has 1 atom stereocenters. The largest absolute Gasteiger partial charge is 0.503 e. The maximum atomic E-state index is 14.5. The molecule has 1 aromatic carbocycles. The zero-order valence-corrected chi connectivity index (χ0v) is 15.3. The van der Waals surface area contributed by atoms with Gasteiger partial charge in [-0.05, 0) is 31.6 Å². The molecule has 0 aliphatic carbocycles. The Kier molecular flexibility index (Phi) is 5.20. The van der Waals surface area contributed by atoms with Crippen molar-refractivity contribution >= 4 is 23.0 Å². The van der Waals surface area contributed by atoms with E-state index in [0.29, 0.717) is 11.4 Å². The van der Waals surface area contributed by atoms with Crippen LogP contribution < -0.4 is 0 Å². The molecular weight excluding hydrogens is 355 g/mol. The second-order valence-electron chi connectivity index (χ2n) is 6.29. The van der Waals surface area contributed by atoms with Crippen molar-refractivity contribution in [3.63, 3.8) is 0 Å². The molecule has 7 heteroatoms. The number of benzene rings is 1. The first-order valence-corrected chi connectivity index (χ1v) is 9.01. The van der Waals surface area contributed by atoms with E-state index in [1.165, 1.54) is 28.4 Å². The number of ketones is 1. The van der Waals surface area contributed by atoms with Gasteiger partial charge in [0.1, 0.15) is 5.82 Å². The molecule has 0 bridgehead atoms. The van der Waals surface area contributed by atoms with Gasteiger partial charge in [0.25, 0.3) is 5.91 Å². The summed E-state index contributed by atoms with van der Waals surface area (Å²) in [6, 6.07) is 8.41. The monoisotopic (exact) mass is 374 g/mol. The Morgan fingerprint density at radius 1 is 1.27 bits per heavy atom. The standard InChI is InChI=1S/C19H19FN2O3S/c1-21(2)9-10-22-16(12-6-3-4-7-13(12)20)15(18(24)19(22)25)17(23)14-8-5-11-26-14/h3-8,11,16,24H,9-10H2,1-2H3/t16-/m0/s1. The van der Waals surface area contributed by atoms with Crippen LogP contribution >= 0.6 is 11.3 Å². The summed E-state index contributed by atoms with van der Waals surface area (Å²) in [5.74, 6) is -2.23. The summed E-state index contributed by atoms with van der Waals surface area (Å²) in [6.07, 6.45) is 0. The third-order valence-electron chi connectivity index (χ3n) is 4.28. The first-order chi connectivity index (χ1) is 12.4. The number of rotatable bonds is 6. The number of nitrogens with zero attached hydrogens (tertiary/aromatic N) is 2. The van der Waals surface area contributed by atoms with E-state index in [0.717, 1.165) is 0 Å². The summed E-state index contributed by atoms with van der Waals surface area (Å²) >= 11 is 1.22. The molecule has 136 valence electrons. The fourth-order valence-electron chi connectivity index (χ4n) is 2.98. The van der Waals surface area contributed by atoms with Crippen molar-refractivity contribution in [1.82, 2.24) is 9.80 Å². The van der Waals surface area contributed by atoms with Gasteiger partial charge in [-0.3, -0.25) is 9.59 Å². The number of thiophene rings is 1. The number of halogens is 1. The molecule has 0 saturated carbocycles. The van der Waals surface area contributed by atoms with Crippen LogP contribution in [0.25, 0.3) is 0 Å². The van der Waals surface area contributed by atoms with Gasteiger partial charge in [0.2, 0.25) is 5.78 Å². The number of Topliss-reactive ketones (excluding diaryl/α,β-unsaturated/α-hetero) is 1. The third-order valence-corrected chi connectivity index (χ3v) is 5.15. The molecule has 0 saturated heterocycles. The van der Waals surface area contributed by atoms with Crippen LogP contribution in [0, 0.1) is 5.82 Å². The average molecular weight is 374 g/mol. The minimum Gasteiger partial charge on any atom is -0.503 e. The predicted molar refractivity (Wildman–Crippen MR) is 97.7 cm³/mol. The van der Waals surface area contributed by atoms with Crippen LogP contribution in [0.5, 0.6) is 0 Å². The summed E-state index contributed by atoms with van der Waals surface area (Å²) in [6.45, 7) is 0.778. The molecule has 2 aromatic rings. The molecule has 1 N–H and O–H groups in total. The molecule has 0 fully saturated rings. The molecular formula is C19H19FN2O3S. The smallest absolute Gasteiger partial charge is 0.290 e. The number of hydrogen-bond acceptors (Lipinski definition) is 5. The first kappa shape index (κ1) is 18.3. The number of aliphatic hydroxyl groups excluding tert-OH is 1. The van der Waals surface area contributed by atoms with Crippen molar-refractivity contribution in [2.24, 2.45) is 0 Å². The van der Waals surface area contributed by atoms with Crippen LogP contribution in [0.3, 0.4) is 0 Å². The molecule has 3 rings (SSSR count). The molecule has 26 heavy (non-hydrogen) atoms. The normalized spacial score (nSPS) is 17.5. The Balaban J connectivity index is 2.08. The van der Waals surface area contributed by atoms with Crippen LogP contribution in [-0.2, 0) is 4.79 Å². The van der Waals surface area contributed by atoms with Crippen LogP contribution in [0.15, 0.2) is 53.1 Å². The van der Waals surface area contributed by atoms with Gasteiger partial charge >= 0.3 is 0 Å². The summed E-state index contributed by atoms with van der Waals surface area (Å²) in [5, 5.41) is 12.2. The molecule has 0 unspecified atom stereocenters. The summed E-state index contributed by atoms with van der Waals surface area (Å²) in [5.41, 5.74) is 0.130. The van der Waals surface area contributed by atoms with Crippen molar-refractivity contribution < 1.29 is 19.1 Å². The van der Waals surface area contributed by atoms with Crippen molar-refractivity contribution in [3.05, 3.63) is 69.4 Å². The van der Waals surface area contributed by atoms with E-state index >= 15 is 0 Å². The highest BCUT2D eigenvalue weighted by molar-refractivity contribution is 7.12. The van der Waals surface area contributed by atoms with E-state index in [-0.39, 0.29) is 17.7 Å². The molecule has 2 heterocycles. The lowest BCUT2D eigenvalue weighted by Crippen LogP contribution is -2.37. The van der Waals surface area contributed by atoms with Crippen molar-refractivity contribution in [2.45, 2.75) is 6.04 Å². The van der Waals surface area contributed by atoms with Gasteiger partial charge in [0.05, 0.1) is 16.5 Å². The summed E-state index contributed by atoms with van der Waals surface area (Å²) in [7, 11) is 3.70. The second-order valence-corrected chi connectivity index (χ2v) is 7.24.